The molecular weight excluding hydrogens is 346 g/mol. The van der Waals surface area contributed by atoms with Crippen LogP contribution in [0.5, 0.6) is 11.5 Å². The molecule has 1 aromatic carbocycles. The van der Waals surface area contributed by atoms with Gasteiger partial charge in [-0.1, -0.05) is 0 Å². The minimum Gasteiger partial charge on any atom is -0.493 e. The van der Waals surface area contributed by atoms with E-state index in [1.807, 2.05) is 0 Å². The molecule has 6 nitrogen and oxygen atoms in total. The molecule has 144 valence electrons. The molecule has 0 saturated carbocycles. The zero-order valence-electron chi connectivity index (χ0n) is 16.4. The highest BCUT2D eigenvalue weighted by Gasteiger charge is 2.27. The lowest BCUT2D eigenvalue weighted by atomic mass is 9.84. The highest BCUT2D eigenvalue weighted by Crippen LogP contribution is 2.30. The van der Waals surface area contributed by atoms with Gasteiger partial charge in [0.1, 0.15) is 0 Å². The monoisotopic (exact) mass is 371 g/mol. The van der Waals surface area contributed by atoms with Crippen LogP contribution in [0, 0.1) is 0 Å². The van der Waals surface area contributed by atoms with Crippen LogP contribution in [0.2, 0.25) is 0 Å². The van der Waals surface area contributed by atoms with E-state index in [1.165, 1.54) is 7.11 Å². The van der Waals surface area contributed by atoms with Crippen LogP contribution in [0.1, 0.15) is 40.0 Å². The average Bonchev–Trinajstić information content (AvgIpc) is 2.67. The number of methoxy groups -OCH3 is 2. The van der Waals surface area contributed by atoms with Gasteiger partial charge in [0.25, 0.3) is 0 Å². The Balaban J connectivity index is 1.95. The second kappa shape index (κ2) is 8.66. The number of benzene rings is 1. The van der Waals surface area contributed by atoms with Crippen LogP contribution in [0.15, 0.2) is 40.5 Å². The van der Waals surface area contributed by atoms with Crippen LogP contribution >= 0.6 is 0 Å². The summed E-state index contributed by atoms with van der Waals surface area (Å²) in [5.41, 5.74) is 2.61. The standard InChI is InChI=1S/C21H25NO5/c1-12-13(2)21(25)16(14(3)20(12)24)7-6-8-19(23)22-15-9-10-17(26-4)18(11-15)27-5/h9-11H,6-8H2,1-5H3,(H,22,23). The summed E-state index contributed by atoms with van der Waals surface area (Å²) in [6, 6.07) is 5.13. The zero-order valence-corrected chi connectivity index (χ0v) is 16.4. The van der Waals surface area contributed by atoms with Crippen molar-refractivity contribution in [2.45, 2.75) is 40.0 Å². The van der Waals surface area contributed by atoms with Crippen LogP contribution in [0.4, 0.5) is 5.69 Å². The Bertz CT molecular complexity index is 848. The van der Waals surface area contributed by atoms with Gasteiger partial charge >= 0.3 is 0 Å². The van der Waals surface area contributed by atoms with Gasteiger partial charge in [-0.3, -0.25) is 14.4 Å². The SMILES string of the molecule is COc1ccc(NC(=O)CCCC2=C(C)C(=O)C(C)=C(C)C2=O)cc1OC. The van der Waals surface area contributed by atoms with Gasteiger partial charge in [0, 0.05) is 40.5 Å². The number of anilines is 1. The number of hydrogen-bond donors (Lipinski definition) is 1. The van der Waals surface area contributed by atoms with E-state index < -0.39 is 0 Å². The number of allylic oxidation sites excluding steroid dienone is 4. The Kier molecular flexibility index (Phi) is 6.55. The number of carbonyl (C=O) groups is 3. The topological polar surface area (TPSA) is 81.7 Å². The zero-order chi connectivity index (χ0) is 20.1. The minimum absolute atomic E-state index is 0.0862. The first-order valence-corrected chi connectivity index (χ1v) is 8.78. The Morgan fingerprint density at radius 2 is 1.56 bits per heavy atom. The molecule has 0 aliphatic heterocycles. The molecule has 0 radical (unpaired) electrons. The minimum atomic E-state index is -0.168. The normalized spacial score (nSPS) is 14.6. The lowest BCUT2D eigenvalue weighted by molar-refractivity contribution is -0.117. The molecule has 0 unspecified atom stereocenters. The third-order valence-electron chi connectivity index (χ3n) is 4.81. The fourth-order valence-electron chi connectivity index (χ4n) is 3.02. The van der Waals surface area contributed by atoms with Crippen LogP contribution < -0.4 is 14.8 Å². The lowest BCUT2D eigenvalue weighted by Crippen LogP contribution is -2.21. The average molecular weight is 371 g/mol. The first-order valence-electron chi connectivity index (χ1n) is 8.78. The maximum atomic E-state index is 12.4. The van der Waals surface area contributed by atoms with Gasteiger partial charge in [0.05, 0.1) is 14.2 Å². The summed E-state index contributed by atoms with van der Waals surface area (Å²) in [6.07, 6.45) is 1.13. The van der Waals surface area contributed by atoms with Crippen molar-refractivity contribution in [3.8, 4) is 11.5 Å². The summed E-state index contributed by atoms with van der Waals surface area (Å²) in [5.74, 6) is 0.761. The summed E-state index contributed by atoms with van der Waals surface area (Å²) in [5, 5.41) is 2.80. The third kappa shape index (κ3) is 4.45. The van der Waals surface area contributed by atoms with Crippen molar-refractivity contribution in [3.63, 3.8) is 0 Å². The van der Waals surface area contributed by atoms with E-state index >= 15 is 0 Å². The molecule has 1 N–H and O–H groups in total. The van der Waals surface area contributed by atoms with Crippen molar-refractivity contribution in [2.24, 2.45) is 0 Å². The molecule has 0 aromatic heterocycles. The van der Waals surface area contributed by atoms with E-state index in [0.29, 0.717) is 52.3 Å². The van der Waals surface area contributed by atoms with Gasteiger partial charge in [-0.05, 0) is 45.7 Å². The van der Waals surface area contributed by atoms with Gasteiger partial charge in [-0.2, -0.15) is 0 Å². The molecule has 1 amide bonds. The van der Waals surface area contributed by atoms with Crippen molar-refractivity contribution in [1.29, 1.82) is 0 Å². The maximum absolute atomic E-state index is 12.4. The number of nitrogens with one attached hydrogen (secondary N) is 1. The quantitative estimate of drug-likeness (QED) is 0.741. The number of amides is 1. The van der Waals surface area contributed by atoms with Gasteiger partial charge in [-0.25, -0.2) is 0 Å². The fraction of sp³-hybridized carbons (Fsp3) is 0.381. The summed E-state index contributed by atoms with van der Waals surface area (Å²) in [7, 11) is 3.07. The Labute approximate surface area is 159 Å². The van der Waals surface area contributed by atoms with Gasteiger partial charge in [0.2, 0.25) is 5.91 Å². The first kappa shape index (κ1) is 20.4. The highest BCUT2D eigenvalue weighted by atomic mass is 16.5. The molecule has 0 heterocycles. The summed E-state index contributed by atoms with van der Waals surface area (Å²) in [6.45, 7) is 5.02. The number of hydrogen-bond acceptors (Lipinski definition) is 5. The molecule has 27 heavy (non-hydrogen) atoms. The third-order valence-corrected chi connectivity index (χ3v) is 4.81. The van der Waals surface area contributed by atoms with E-state index in [4.69, 9.17) is 9.47 Å². The molecule has 1 aromatic rings. The molecule has 2 rings (SSSR count). The molecule has 0 saturated heterocycles. The van der Waals surface area contributed by atoms with E-state index in [9.17, 15) is 14.4 Å². The first-order chi connectivity index (χ1) is 12.8. The molecule has 0 bridgehead atoms. The molecule has 6 heteroatoms. The number of ketones is 2. The fourth-order valence-corrected chi connectivity index (χ4v) is 3.02. The van der Waals surface area contributed by atoms with E-state index in [1.54, 1.807) is 46.1 Å². The van der Waals surface area contributed by atoms with Crippen LogP contribution in [0.3, 0.4) is 0 Å². The highest BCUT2D eigenvalue weighted by molar-refractivity contribution is 6.24. The van der Waals surface area contributed by atoms with E-state index in [-0.39, 0.29) is 23.9 Å². The van der Waals surface area contributed by atoms with Crippen LogP contribution in [-0.4, -0.2) is 31.7 Å². The van der Waals surface area contributed by atoms with Crippen molar-refractivity contribution in [3.05, 3.63) is 40.5 Å². The Morgan fingerprint density at radius 1 is 0.926 bits per heavy atom. The summed E-state index contributed by atoms with van der Waals surface area (Å²) in [4.78, 5) is 36.8. The largest absolute Gasteiger partial charge is 0.493 e. The Hall–Kier alpha value is -2.89. The van der Waals surface area contributed by atoms with Crippen molar-refractivity contribution >= 4 is 23.2 Å². The predicted molar refractivity (Wildman–Crippen MR) is 103 cm³/mol. The number of rotatable bonds is 7. The smallest absolute Gasteiger partial charge is 0.224 e. The van der Waals surface area contributed by atoms with Crippen molar-refractivity contribution in [1.82, 2.24) is 0 Å². The van der Waals surface area contributed by atoms with Crippen LogP contribution in [-0.2, 0) is 14.4 Å². The molecule has 0 atom stereocenters. The maximum Gasteiger partial charge on any atom is 0.224 e. The number of ether oxygens (including phenoxy) is 2. The second-order valence-corrected chi connectivity index (χ2v) is 6.48. The molecular formula is C21H25NO5. The molecule has 1 aliphatic rings. The number of Topliss-reactive ketones (excluding diaryl/α,β-unsaturated/α-hetero) is 2. The lowest BCUT2D eigenvalue weighted by Gasteiger charge is -2.18. The summed E-state index contributed by atoms with van der Waals surface area (Å²) < 4.78 is 10.4. The number of carbonyl (C=O) groups excluding carboxylic acids is 3. The molecule has 0 fully saturated rings. The van der Waals surface area contributed by atoms with Gasteiger partial charge < -0.3 is 14.8 Å². The Morgan fingerprint density at radius 3 is 2.19 bits per heavy atom. The van der Waals surface area contributed by atoms with E-state index in [2.05, 4.69) is 5.32 Å². The van der Waals surface area contributed by atoms with Crippen molar-refractivity contribution < 1.29 is 23.9 Å². The predicted octanol–water partition coefficient (Wildman–Crippen LogP) is 3.62. The second-order valence-electron chi connectivity index (χ2n) is 6.48. The molecule has 1 aliphatic carbocycles. The van der Waals surface area contributed by atoms with Gasteiger partial charge in [-0.15, -0.1) is 0 Å². The van der Waals surface area contributed by atoms with Gasteiger partial charge in [0.15, 0.2) is 23.1 Å². The van der Waals surface area contributed by atoms with Crippen molar-refractivity contribution in [2.75, 3.05) is 19.5 Å². The molecule has 0 spiro atoms. The van der Waals surface area contributed by atoms with E-state index in [0.717, 1.165) is 0 Å². The summed E-state index contributed by atoms with van der Waals surface area (Å²) >= 11 is 0. The van der Waals surface area contributed by atoms with Crippen LogP contribution in [0.25, 0.3) is 0 Å².